The van der Waals surface area contributed by atoms with E-state index in [0.717, 1.165) is 10.9 Å². The number of amides is 2. The summed E-state index contributed by atoms with van der Waals surface area (Å²) in [6, 6.07) is 25.3. The largest absolute Gasteiger partial charge is 0.354 e. The van der Waals surface area contributed by atoms with Crippen LogP contribution in [0.2, 0.25) is 0 Å². The number of carbonyl (C=O) groups is 2. The van der Waals surface area contributed by atoms with E-state index in [4.69, 9.17) is 0 Å². The lowest BCUT2D eigenvalue weighted by Gasteiger charge is -2.32. The average molecular weight is 602 g/mol. The van der Waals surface area contributed by atoms with Crippen LogP contribution >= 0.6 is 0 Å². The summed E-state index contributed by atoms with van der Waals surface area (Å²) in [5.41, 5.74) is 2.20. The molecule has 0 saturated carbocycles. The highest BCUT2D eigenvalue weighted by molar-refractivity contribution is 7.93. The Morgan fingerprint density at radius 3 is 2.28 bits per heavy atom. The predicted octanol–water partition coefficient (Wildman–Crippen LogP) is 5.68. The fraction of sp³-hybridized carbons (Fsp3) is 0.294. The van der Waals surface area contributed by atoms with Gasteiger partial charge in [-0.2, -0.15) is 0 Å². The van der Waals surface area contributed by atoms with Gasteiger partial charge in [-0.15, -0.1) is 0 Å². The van der Waals surface area contributed by atoms with E-state index in [1.807, 2.05) is 62.4 Å². The maximum Gasteiger partial charge on any atom is 0.265 e. The lowest BCUT2D eigenvalue weighted by Crippen LogP contribution is -2.51. The SMILES string of the molecule is CC(C)CNC(=O)C(Cc1ccccc1)N(Cc1ccc(F)cc1)C(=O)CCCN1c2cccc3cccc(c23)S1(=O)=O. The van der Waals surface area contributed by atoms with E-state index in [2.05, 4.69) is 5.32 Å². The van der Waals surface area contributed by atoms with Crippen molar-refractivity contribution in [3.8, 4) is 0 Å². The molecule has 7 nitrogen and oxygen atoms in total. The number of anilines is 1. The second-order valence-electron chi connectivity index (χ2n) is 11.3. The minimum atomic E-state index is -3.75. The number of sulfonamides is 1. The van der Waals surface area contributed by atoms with E-state index in [9.17, 15) is 22.4 Å². The Bertz CT molecular complexity index is 1700. The molecule has 1 atom stereocenters. The average Bonchev–Trinajstić information content (AvgIpc) is 3.22. The van der Waals surface area contributed by atoms with Crippen molar-refractivity contribution in [1.29, 1.82) is 0 Å². The lowest BCUT2D eigenvalue weighted by molar-refractivity contribution is -0.141. The smallest absolute Gasteiger partial charge is 0.265 e. The maximum absolute atomic E-state index is 13.9. The zero-order valence-electron chi connectivity index (χ0n) is 24.4. The van der Waals surface area contributed by atoms with Gasteiger partial charge in [-0.1, -0.05) is 80.6 Å². The van der Waals surface area contributed by atoms with Crippen LogP contribution < -0.4 is 9.62 Å². The van der Waals surface area contributed by atoms with Crippen molar-refractivity contribution < 1.29 is 22.4 Å². The quantitative estimate of drug-likeness (QED) is 0.226. The molecule has 0 spiro atoms. The number of carbonyl (C=O) groups excluding carboxylic acids is 2. The molecule has 1 unspecified atom stereocenters. The van der Waals surface area contributed by atoms with E-state index in [0.29, 0.717) is 29.6 Å². The number of hydrogen-bond donors (Lipinski definition) is 1. The molecule has 0 bridgehead atoms. The highest BCUT2D eigenvalue weighted by Gasteiger charge is 2.36. The fourth-order valence-corrected chi connectivity index (χ4v) is 7.23. The molecule has 0 fully saturated rings. The van der Waals surface area contributed by atoms with Crippen LogP contribution in [0.25, 0.3) is 10.8 Å². The van der Waals surface area contributed by atoms with Crippen LogP contribution in [0.5, 0.6) is 0 Å². The molecule has 1 aliphatic heterocycles. The minimum absolute atomic E-state index is 0.0300. The molecule has 1 aliphatic rings. The Balaban J connectivity index is 1.39. The molecule has 1 heterocycles. The zero-order chi connectivity index (χ0) is 30.6. The van der Waals surface area contributed by atoms with Crippen molar-refractivity contribution >= 4 is 38.3 Å². The molecule has 2 amide bonds. The summed E-state index contributed by atoms with van der Waals surface area (Å²) < 4.78 is 41.9. The van der Waals surface area contributed by atoms with Gasteiger partial charge in [-0.05, 0) is 53.1 Å². The monoisotopic (exact) mass is 601 g/mol. The second-order valence-corrected chi connectivity index (χ2v) is 13.1. The van der Waals surface area contributed by atoms with Gasteiger partial charge in [0.1, 0.15) is 11.9 Å². The third-order valence-electron chi connectivity index (χ3n) is 7.65. The first-order valence-electron chi connectivity index (χ1n) is 14.5. The Kier molecular flexibility index (Phi) is 9.11. The molecule has 0 radical (unpaired) electrons. The lowest BCUT2D eigenvalue weighted by atomic mass is 10.0. The topological polar surface area (TPSA) is 86.8 Å². The summed E-state index contributed by atoms with van der Waals surface area (Å²) in [6.45, 7) is 4.69. The summed E-state index contributed by atoms with van der Waals surface area (Å²) in [4.78, 5) is 29.3. The number of nitrogens with one attached hydrogen (secondary N) is 1. The fourth-order valence-electron chi connectivity index (χ4n) is 5.48. The molecular formula is C34H36FN3O4S. The van der Waals surface area contributed by atoms with Gasteiger partial charge in [0.25, 0.3) is 10.0 Å². The third kappa shape index (κ3) is 6.72. The molecule has 43 heavy (non-hydrogen) atoms. The van der Waals surface area contributed by atoms with Crippen molar-refractivity contribution in [2.45, 2.75) is 50.6 Å². The van der Waals surface area contributed by atoms with Gasteiger partial charge >= 0.3 is 0 Å². The van der Waals surface area contributed by atoms with Crippen LogP contribution in [-0.4, -0.2) is 44.3 Å². The van der Waals surface area contributed by atoms with Gasteiger partial charge in [0.15, 0.2) is 0 Å². The molecule has 4 aromatic carbocycles. The Hall–Kier alpha value is -4.24. The minimum Gasteiger partial charge on any atom is -0.354 e. The van der Waals surface area contributed by atoms with Crippen LogP contribution in [0.3, 0.4) is 0 Å². The van der Waals surface area contributed by atoms with Gasteiger partial charge in [-0.25, -0.2) is 12.8 Å². The molecule has 0 saturated heterocycles. The zero-order valence-corrected chi connectivity index (χ0v) is 25.2. The van der Waals surface area contributed by atoms with Crippen molar-refractivity contribution in [3.63, 3.8) is 0 Å². The second kappa shape index (κ2) is 13.0. The molecule has 224 valence electrons. The molecule has 9 heteroatoms. The predicted molar refractivity (Wildman–Crippen MR) is 166 cm³/mol. The number of nitrogens with zero attached hydrogens (tertiary/aromatic N) is 2. The number of benzene rings is 4. The molecular weight excluding hydrogens is 565 g/mol. The van der Waals surface area contributed by atoms with Gasteiger partial charge in [-0.3, -0.25) is 13.9 Å². The van der Waals surface area contributed by atoms with Crippen molar-refractivity contribution in [2.75, 3.05) is 17.4 Å². The van der Waals surface area contributed by atoms with Gasteiger partial charge in [0.2, 0.25) is 11.8 Å². The van der Waals surface area contributed by atoms with E-state index >= 15 is 0 Å². The van der Waals surface area contributed by atoms with E-state index < -0.39 is 16.1 Å². The van der Waals surface area contributed by atoms with Crippen LogP contribution in [0.15, 0.2) is 95.9 Å². The molecule has 0 aromatic heterocycles. The van der Waals surface area contributed by atoms with E-state index in [1.54, 1.807) is 35.2 Å². The summed E-state index contributed by atoms with van der Waals surface area (Å²) in [5, 5.41) is 4.52. The van der Waals surface area contributed by atoms with Gasteiger partial charge in [0, 0.05) is 37.9 Å². The first kappa shape index (κ1) is 30.2. The third-order valence-corrected chi connectivity index (χ3v) is 9.51. The van der Waals surface area contributed by atoms with Crippen LogP contribution in [0.1, 0.15) is 37.8 Å². The van der Waals surface area contributed by atoms with Crippen molar-refractivity contribution in [3.05, 3.63) is 108 Å². The van der Waals surface area contributed by atoms with Gasteiger partial charge < -0.3 is 10.2 Å². The Morgan fingerprint density at radius 2 is 1.58 bits per heavy atom. The van der Waals surface area contributed by atoms with Crippen LogP contribution in [-0.2, 0) is 32.6 Å². The first-order chi connectivity index (χ1) is 20.6. The molecule has 4 aromatic rings. The molecule has 1 N–H and O–H groups in total. The summed E-state index contributed by atoms with van der Waals surface area (Å²) in [7, 11) is -3.75. The van der Waals surface area contributed by atoms with Crippen molar-refractivity contribution in [1.82, 2.24) is 10.2 Å². The Morgan fingerprint density at radius 1 is 0.884 bits per heavy atom. The normalized spacial score (nSPS) is 14.2. The molecule has 5 rings (SSSR count). The van der Waals surface area contributed by atoms with E-state index in [1.165, 1.54) is 16.4 Å². The number of rotatable bonds is 12. The summed E-state index contributed by atoms with van der Waals surface area (Å²) >= 11 is 0. The highest BCUT2D eigenvalue weighted by atomic mass is 32.2. The van der Waals surface area contributed by atoms with Crippen LogP contribution in [0.4, 0.5) is 10.1 Å². The summed E-state index contributed by atoms with van der Waals surface area (Å²) in [5.74, 6) is -0.715. The highest BCUT2D eigenvalue weighted by Crippen LogP contribution is 2.42. The number of hydrogen-bond acceptors (Lipinski definition) is 4. The first-order valence-corrected chi connectivity index (χ1v) is 16.0. The van der Waals surface area contributed by atoms with Crippen molar-refractivity contribution in [2.24, 2.45) is 5.92 Å². The standard InChI is InChI=1S/C34H36FN3O4S/c1-24(2)22-36-34(40)30(21-25-9-4-3-5-10-25)37(23-26-16-18-28(35)19-17-26)32(39)15-8-20-38-29-13-6-11-27-12-7-14-31(33(27)29)43(38,41)42/h3-7,9-14,16-19,24,30H,8,15,20-23H2,1-2H3,(H,36,40). The Labute approximate surface area is 252 Å². The number of halogens is 1. The summed E-state index contributed by atoms with van der Waals surface area (Å²) in [6.07, 6.45) is 0.589. The van der Waals surface area contributed by atoms with Crippen LogP contribution in [0, 0.1) is 11.7 Å². The molecule has 0 aliphatic carbocycles. The van der Waals surface area contributed by atoms with Gasteiger partial charge in [0.05, 0.1) is 10.6 Å². The maximum atomic E-state index is 13.9. The van der Waals surface area contributed by atoms with E-state index in [-0.39, 0.29) is 54.4 Å².